The van der Waals surface area contributed by atoms with Gasteiger partial charge < -0.3 is 19.6 Å². The lowest BCUT2D eigenvalue weighted by molar-refractivity contribution is -0.245. The number of nitrogens with one attached hydrogen (secondary N) is 1. The number of aromatic amines is 1. The molecule has 0 saturated carbocycles. The van der Waals surface area contributed by atoms with E-state index in [1.165, 1.54) is 29.3 Å². The molecule has 1 aromatic heterocycles. The third kappa shape index (κ3) is 2.54. The molecule has 2 saturated heterocycles. The lowest BCUT2D eigenvalue weighted by Crippen LogP contribution is -2.58. The number of para-hydroxylation sites is 1. The Bertz CT molecular complexity index is 878. The zero-order valence-corrected chi connectivity index (χ0v) is 15.7. The summed E-state index contributed by atoms with van der Waals surface area (Å²) in [5, 5.41) is 11.7. The highest BCUT2D eigenvalue weighted by atomic mass is 16.6. The van der Waals surface area contributed by atoms with Crippen molar-refractivity contribution in [1.29, 1.82) is 0 Å². The Hall–Kier alpha value is -1.89. The first kappa shape index (κ1) is 17.2. The molecular formula is C21H26N2O4. The van der Waals surface area contributed by atoms with Gasteiger partial charge >= 0.3 is 5.97 Å². The van der Waals surface area contributed by atoms with Crippen LogP contribution in [-0.4, -0.2) is 53.6 Å². The fourth-order valence-corrected chi connectivity index (χ4v) is 5.65. The summed E-state index contributed by atoms with van der Waals surface area (Å²) in [5.74, 6) is -0.715. The maximum absolute atomic E-state index is 12.4. The Labute approximate surface area is 158 Å². The second-order valence-corrected chi connectivity index (χ2v) is 8.17. The van der Waals surface area contributed by atoms with Gasteiger partial charge in [-0.05, 0) is 37.3 Å². The number of H-pyrrole nitrogens is 1. The van der Waals surface area contributed by atoms with Gasteiger partial charge in [0.15, 0.2) is 6.29 Å². The van der Waals surface area contributed by atoms with Crippen LogP contribution in [-0.2, 0) is 20.7 Å². The van der Waals surface area contributed by atoms with E-state index in [4.69, 9.17) is 9.47 Å². The van der Waals surface area contributed by atoms with Crippen LogP contribution in [0.2, 0.25) is 0 Å². The molecule has 5 rings (SSSR count). The monoisotopic (exact) mass is 370 g/mol. The van der Waals surface area contributed by atoms with Crippen LogP contribution in [0, 0.1) is 17.8 Å². The van der Waals surface area contributed by atoms with Crippen molar-refractivity contribution in [2.24, 2.45) is 17.8 Å². The molecule has 2 N–H and O–H groups in total. The summed E-state index contributed by atoms with van der Waals surface area (Å²) in [6.45, 7) is 3.90. The molecule has 0 bridgehead atoms. The molecular weight excluding hydrogens is 344 g/mol. The van der Waals surface area contributed by atoms with Gasteiger partial charge in [0.2, 0.25) is 0 Å². The van der Waals surface area contributed by atoms with E-state index in [1.807, 2.05) is 6.92 Å². The molecule has 0 aliphatic carbocycles. The van der Waals surface area contributed by atoms with Crippen LogP contribution in [0.3, 0.4) is 0 Å². The van der Waals surface area contributed by atoms with Crippen molar-refractivity contribution in [3.05, 3.63) is 35.5 Å². The molecule has 3 aliphatic heterocycles. The van der Waals surface area contributed by atoms with Gasteiger partial charge in [-0.2, -0.15) is 0 Å². The third-order valence-corrected chi connectivity index (χ3v) is 6.96. The molecule has 144 valence electrons. The first-order chi connectivity index (χ1) is 13.1. The molecule has 6 heteroatoms. The van der Waals surface area contributed by atoms with Crippen LogP contribution < -0.4 is 0 Å². The molecule has 27 heavy (non-hydrogen) atoms. The predicted octanol–water partition coefficient (Wildman–Crippen LogP) is 2.23. The van der Waals surface area contributed by atoms with Crippen molar-refractivity contribution in [1.82, 2.24) is 9.88 Å². The minimum absolute atomic E-state index is 0.0508. The number of aliphatic hydroxyl groups excluding tert-OH is 1. The number of carbonyl (C=O) groups is 1. The summed E-state index contributed by atoms with van der Waals surface area (Å²) >= 11 is 0. The van der Waals surface area contributed by atoms with Gasteiger partial charge in [-0.15, -0.1) is 0 Å². The highest BCUT2D eigenvalue weighted by Gasteiger charge is 2.52. The average molecular weight is 370 g/mol. The lowest BCUT2D eigenvalue weighted by atomic mass is 9.68. The largest absolute Gasteiger partial charge is 0.469 e. The lowest BCUT2D eigenvalue weighted by Gasteiger charge is -2.52. The van der Waals surface area contributed by atoms with Crippen molar-refractivity contribution >= 4 is 16.9 Å². The maximum atomic E-state index is 12.4. The van der Waals surface area contributed by atoms with Gasteiger partial charge in [0.25, 0.3) is 0 Å². The molecule has 6 atom stereocenters. The number of piperidine rings is 1. The number of aliphatic hydroxyl groups is 1. The number of carbonyl (C=O) groups excluding carboxylic acids is 1. The Morgan fingerprint density at radius 2 is 2.15 bits per heavy atom. The van der Waals surface area contributed by atoms with Gasteiger partial charge in [0, 0.05) is 35.6 Å². The van der Waals surface area contributed by atoms with Crippen LogP contribution in [0.5, 0.6) is 0 Å². The fraction of sp³-hybridized carbons (Fsp3) is 0.571. The van der Waals surface area contributed by atoms with E-state index >= 15 is 0 Å². The number of rotatable bonds is 1. The van der Waals surface area contributed by atoms with Crippen molar-refractivity contribution in [2.75, 3.05) is 20.2 Å². The van der Waals surface area contributed by atoms with E-state index < -0.39 is 12.2 Å². The Morgan fingerprint density at radius 1 is 1.33 bits per heavy atom. The highest BCUT2D eigenvalue weighted by molar-refractivity contribution is 5.85. The molecule has 6 nitrogen and oxygen atoms in total. The molecule has 0 radical (unpaired) electrons. The zero-order valence-electron chi connectivity index (χ0n) is 15.7. The van der Waals surface area contributed by atoms with Crippen molar-refractivity contribution in [2.45, 2.75) is 38.2 Å². The van der Waals surface area contributed by atoms with Crippen molar-refractivity contribution < 1.29 is 19.4 Å². The molecule has 2 unspecified atom stereocenters. The van der Waals surface area contributed by atoms with Crippen molar-refractivity contribution in [3.8, 4) is 0 Å². The number of esters is 1. The minimum Gasteiger partial charge on any atom is -0.469 e. The molecule has 2 fully saturated rings. The van der Waals surface area contributed by atoms with Crippen LogP contribution in [0.4, 0.5) is 0 Å². The molecule has 1 aromatic carbocycles. The average Bonchev–Trinajstić information content (AvgIpc) is 3.06. The number of methoxy groups -OCH3 is 1. The topological polar surface area (TPSA) is 74.8 Å². The SMILES string of the molecule is COC(=O)C1C(O)O[C@H](C)[C@H]2CN3CCc4c([nH]c5ccccc45)[C@@H]3C[C@H]12. The Balaban J connectivity index is 1.54. The smallest absolute Gasteiger partial charge is 0.314 e. The zero-order chi connectivity index (χ0) is 18.7. The normalized spacial score (nSPS) is 36.0. The highest BCUT2D eigenvalue weighted by Crippen LogP contribution is 2.49. The second-order valence-electron chi connectivity index (χ2n) is 8.17. The Kier molecular flexibility index (Phi) is 4.04. The van der Waals surface area contributed by atoms with Crippen LogP contribution in [0.1, 0.15) is 30.6 Å². The first-order valence-electron chi connectivity index (χ1n) is 9.83. The van der Waals surface area contributed by atoms with Crippen LogP contribution >= 0.6 is 0 Å². The standard InChI is InChI=1S/C21H26N2O4/c1-11-15-10-23-8-7-13-12-5-3-4-6-16(12)22-19(13)17(23)9-14(15)18(20(24)26-2)21(25)27-11/h3-6,11,14-15,17-18,21-22,25H,7-10H2,1-2H3/t11-,14+,15-,17+,18?,21?/m1/s1. The molecule has 4 heterocycles. The van der Waals surface area contributed by atoms with E-state index in [9.17, 15) is 9.90 Å². The molecule has 0 amide bonds. The van der Waals surface area contributed by atoms with Gasteiger partial charge in [0.05, 0.1) is 19.3 Å². The van der Waals surface area contributed by atoms with E-state index in [-0.39, 0.29) is 30.0 Å². The van der Waals surface area contributed by atoms with Gasteiger partial charge in [-0.3, -0.25) is 9.69 Å². The minimum atomic E-state index is -1.09. The van der Waals surface area contributed by atoms with Crippen LogP contribution in [0.15, 0.2) is 24.3 Å². The van der Waals surface area contributed by atoms with E-state index in [0.717, 1.165) is 25.9 Å². The number of nitrogens with zero attached hydrogens (tertiary/aromatic N) is 1. The molecule has 0 spiro atoms. The summed E-state index contributed by atoms with van der Waals surface area (Å²) < 4.78 is 10.7. The first-order valence-corrected chi connectivity index (χ1v) is 9.83. The summed E-state index contributed by atoms with van der Waals surface area (Å²) in [7, 11) is 1.38. The third-order valence-electron chi connectivity index (χ3n) is 6.96. The van der Waals surface area contributed by atoms with E-state index in [0.29, 0.717) is 0 Å². The summed E-state index contributed by atoms with van der Waals surface area (Å²) in [6.07, 6.45) is 0.697. The Morgan fingerprint density at radius 3 is 2.96 bits per heavy atom. The fourth-order valence-electron chi connectivity index (χ4n) is 5.65. The number of hydrogen-bond acceptors (Lipinski definition) is 5. The van der Waals surface area contributed by atoms with Crippen molar-refractivity contribution in [3.63, 3.8) is 0 Å². The number of benzene rings is 1. The van der Waals surface area contributed by atoms with Crippen LogP contribution in [0.25, 0.3) is 10.9 Å². The summed E-state index contributed by atoms with van der Waals surface area (Å²) in [4.78, 5) is 18.6. The molecule has 3 aliphatic rings. The number of hydrogen-bond donors (Lipinski definition) is 2. The van der Waals surface area contributed by atoms with E-state index in [1.54, 1.807) is 0 Å². The van der Waals surface area contributed by atoms with Gasteiger partial charge in [0.1, 0.15) is 5.92 Å². The van der Waals surface area contributed by atoms with Gasteiger partial charge in [-0.25, -0.2) is 0 Å². The predicted molar refractivity (Wildman–Crippen MR) is 100.0 cm³/mol. The second kappa shape index (κ2) is 6.33. The number of ether oxygens (including phenoxy) is 2. The quantitative estimate of drug-likeness (QED) is 0.753. The van der Waals surface area contributed by atoms with Gasteiger partial charge in [-0.1, -0.05) is 18.2 Å². The molecule has 2 aromatic rings. The summed E-state index contributed by atoms with van der Waals surface area (Å²) in [6, 6.07) is 8.70. The number of fused-ring (bicyclic) bond motifs is 6. The van der Waals surface area contributed by atoms with E-state index in [2.05, 4.69) is 34.1 Å². The number of aromatic nitrogens is 1. The maximum Gasteiger partial charge on any atom is 0.314 e. The summed E-state index contributed by atoms with van der Waals surface area (Å²) in [5.41, 5.74) is 3.86.